The molecule has 4 nitrogen and oxygen atoms in total. The van der Waals surface area contributed by atoms with E-state index >= 15 is 0 Å². The molecule has 0 radical (unpaired) electrons. The van der Waals surface area contributed by atoms with Gasteiger partial charge in [0.1, 0.15) is 0 Å². The van der Waals surface area contributed by atoms with Crippen molar-refractivity contribution in [2.24, 2.45) is 5.73 Å². The van der Waals surface area contributed by atoms with E-state index in [4.69, 9.17) is 33.5 Å². The van der Waals surface area contributed by atoms with Crippen LogP contribution in [-0.2, 0) is 12.8 Å². The zero-order chi connectivity index (χ0) is 15.1. The highest BCUT2D eigenvalue weighted by Crippen LogP contribution is 2.22. The van der Waals surface area contributed by atoms with E-state index in [9.17, 15) is 0 Å². The first-order valence-corrected chi connectivity index (χ1v) is 7.90. The highest BCUT2D eigenvalue weighted by molar-refractivity contribution is 6.35. The number of halogens is 2. The normalized spacial score (nSPS) is 11.0. The second-order valence-corrected chi connectivity index (χ2v) is 5.81. The molecule has 0 amide bonds. The van der Waals surface area contributed by atoms with Gasteiger partial charge >= 0.3 is 0 Å². The zero-order valence-corrected chi connectivity index (χ0v) is 13.3. The van der Waals surface area contributed by atoms with Crippen molar-refractivity contribution in [1.82, 2.24) is 10.1 Å². The molecule has 0 unspecified atom stereocenters. The van der Waals surface area contributed by atoms with Crippen molar-refractivity contribution in [3.8, 4) is 0 Å². The Balaban J connectivity index is 1.85. The van der Waals surface area contributed by atoms with Crippen molar-refractivity contribution in [2.75, 3.05) is 6.54 Å². The standard InChI is InChI=1S/C15H19Cl2N3O/c16-12-7-6-11(13(17)10-12)9-14-19-15(21-20-14)5-3-1-2-4-8-18/h6-7,10H,1-5,8-9,18H2. The van der Waals surface area contributed by atoms with E-state index in [-0.39, 0.29) is 0 Å². The third-order valence-electron chi connectivity index (χ3n) is 3.22. The first-order valence-electron chi connectivity index (χ1n) is 7.14. The quantitative estimate of drug-likeness (QED) is 0.743. The number of benzene rings is 1. The van der Waals surface area contributed by atoms with Gasteiger partial charge < -0.3 is 10.3 Å². The van der Waals surface area contributed by atoms with Crippen LogP contribution in [0.15, 0.2) is 22.7 Å². The lowest BCUT2D eigenvalue weighted by Gasteiger charge is -2.00. The Morgan fingerprint density at radius 2 is 1.90 bits per heavy atom. The van der Waals surface area contributed by atoms with Crippen molar-refractivity contribution < 1.29 is 4.52 Å². The molecule has 0 spiro atoms. The Bertz CT molecular complexity index is 572. The molecule has 2 aromatic rings. The lowest BCUT2D eigenvalue weighted by atomic mass is 10.1. The fourth-order valence-electron chi connectivity index (χ4n) is 2.07. The Hall–Kier alpha value is -1.10. The van der Waals surface area contributed by atoms with Gasteiger partial charge in [-0.3, -0.25) is 0 Å². The number of nitrogens with two attached hydrogens (primary N) is 1. The maximum Gasteiger partial charge on any atom is 0.226 e. The molecule has 1 aromatic carbocycles. The molecule has 1 aromatic heterocycles. The van der Waals surface area contributed by atoms with Crippen molar-refractivity contribution in [2.45, 2.75) is 38.5 Å². The summed E-state index contributed by atoms with van der Waals surface area (Å²) in [6.45, 7) is 0.757. The van der Waals surface area contributed by atoms with Crippen molar-refractivity contribution in [3.05, 3.63) is 45.5 Å². The fraction of sp³-hybridized carbons (Fsp3) is 0.467. The summed E-state index contributed by atoms with van der Waals surface area (Å²) in [4.78, 5) is 4.39. The smallest absolute Gasteiger partial charge is 0.226 e. The molecule has 0 saturated heterocycles. The van der Waals surface area contributed by atoms with E-state index in [2.05, 4.69) is 10.1 Å². The van der Waals surface area contributed by atoms with Gasteiger partial charge in [-0.15, -0.1) is 0 Å². The molecule has 1 heterocycles. The molecule has 0 fully saturated rings. The van der Waals surface area contributed by atoms with Crippen LogP contribution in [0.3, 0.4) is 0 Å². The molecule has 6 heteroatoms. The molecule has 0 aliphatic heterocycles. The number of hydrogen-bond donors (Lipinski definition) is 1. The minimum atomic E-state index is 0.548. The fourth-order valence-corrected chi connectivity index (χ4v) is 2.55. The van der Waals surface area contributed by atoms with E-state index in [0.717, 1.165) is 44.2 Å². The van der Waals surface area contributed by atoms with E-state index in [0.29, 0.717) is 28.2 Å². The first kappa shape index (κ1) is 16.3. The number of aryl methyl sites for hydroxylation is 1. The summed E-state index contributed by atoms with van der Waals surface area (Å²) in [5, 5.41) is 5.23. The van der Waals surface area contributed by atoms with Gasteiger partial charge in [0.15, 0.2) is 5.82 Å². The van der Waals surface area contributed by atoms with Crippen LogP contribution < -0.4 is 5.73 Å². The molecule has 0 aliphatic carbocycles. The van der Waals surface area contributed by atoms with Crippen LogP contribution in [0.4, 0.5) is 0 Å². The molecular formula is C15H19Cl2N3O. The van der Waals surface area contributed by atoms with Gasteiger partial charge in [0.2, 0.25) is 5.89 Å². The lowest BCUT2D eigenvalue weighted by molar-refractivity contribution is 0.369. The zero-order valence-electron chi connectivity index (χ0n) is 11.8. The summed E-state index contributed by atoms with van der Waals surface area (Å²) in [5.41, 5.74) is 6.40. The van der Waals surface area contributed by atoms with Crippen LogP contribution in [0, 0.1) is 0 Å². The number of rotatable bonds is 8. The summed E-state index contributed by atoms with van der Waals surface area (Å²) in [6.07, 6.45) is 5.77. The summed E-state index contributed by atoms with van der Waals surface area (Å²) >= 11 is 12.0. The molecule has 21 heavy (non-hydrogen) atoms. The largest absolute Gasteiger partial charge is 0.339 e. The third-order valence-corrected chi connectivity index (χ3v) is 3.81. The van der Waals surface area contributed by atoms with Gasteiger partial charge in [-0.2, -0.15) is 4.98 Å². The van der Waals surface area contributed by atoms with Crippen LogP contribution in [0.1, 0.15) is 43.0 Å². The molecule has 0 atom stereocenters. The maximum atomic E-state index is 6.14. The minimum Gasteiger partial charge on any atom is -0.339 e. The predicted molar refractivity (Wildman–Crippen MR) is 84.8 cm³/mol. The van der Waals surface area contributed by atoms with Gasteiger partial charge in [-0.25, -0.2) is 0 Å². The SMILES string of the molecule is NCCCCCCc1nc(Cc2ccc(Cl)cc2Cl)no1. The summed E-state index contributed by atoms with van der Waals surface area (Å²) < 4.78 is 5.25. The highest BCUT2D eigenvalue weighted by atomic mass is 35.5. The van der Waals surface area contributed by atoms with Crippen LogP contribution in [0.2, 0.25) is 10.0 Å². The molecule has 0 aliphatic rings. The predicted octanol–water partition coefficient (Wildman–Crippen LogP) is 4.03. The van der Waals surface area contributed by atoms with Gasteiger partial charge in [-0.05, 0) is 37.1 Å². The Kier molecular flexibility index (Phi) is 6.49. The van der Waals surface area contributed by atoms with E-state index in [1.54, 1.807) is 12.1 Å². The second kappa shape index (κ2) is 8.37. The maximum absolute atomic E-state index is 6.14. The second-order valence-electron chi connectivity index (χ2n) is 4.97. The molecule has 0 saturated carbocycles. The Morgan fingerprint density at radius 3 is 2.67 bits per heavy atom. The van der Waals surface area contributed by atoms with Crippen LogP contribution in [0.5, 0.6) is 0 Å². The number of unbranched alkanes of at least 4 members (excludes halogenated alkanes) is 3. The summed E-state index contributed by atoms with van der Waals surface area (Å²) in [6, 6.07) is 5.41. The molecule has 2 N–H and O–H groups in total. The van der Waals surface area contributed by atoms with E-state index < -0.39 is 0 Å². The monoisotopic (exact) mass is 327 g/mol. The van der Waals surface area contributed by atoms with Crippen molar-refractivity contribution in [3.63, 3.8) is 0 Å². The number of hydrogen-bond acceptors (Lipinski definition) is 4. The Morgan fingerprint density at radius 1 is 1.10 bits per heavy atom. The van der Waals surface area contributed by atoms with Gasteiger partial charge in [0, 0.05) is 22.9 Å². The topological polar surface area (TPSA) is 64.9 Å². The first-order chi connectivity index (χ1) is 10.2. The van der Waals surface area contributed by atoms with Crippen molar-refractivity contribution in [1.29, 1.82) is 0 Å². The average molecular weight is 328 g/mol. The summed E-state index contributed by atoms with van der Waals surface area (Å²) in [7, 11) is 0. The van der Waals surface area contributed by atoms with E-state index in [1.807, 2.05) is 6.07 Å². The molecule has 0 bridgehead atoms. The molecule has 114 valence electrons. The molecular weight excluding hydrogens is 309 g/mol. The number of nitrogens with zero attached hydrogens (tertiary/aromatic N) is 2. The number of aromatic nitrogens is 2. The third kappa shape index (κ3) is 5.30. The lowest BCUT2D eigenvalue weighted by Crippen LogP contribution is -1.98. The van der Waals surface area contributed by atoms with Gasteiger partial charge in [0.25, 0.3) is 0 Å². The minimum absolute atomic E-state index is 0.548. The van der Waals surface area contributed by atoms with Crippen LogP contribution in [0.25, 0.3) is 0 Å². The Labute approximate surface area is 134 Å². The van der Waals surface area contributed by atoms with Crippen molar-refractivity contribution >= 4 is 23.2 Å². The average Bonchev–Trinajstić information content (AvgIpc) is 2.89. The molecule has 2 rings (SSSR count). The van der Waals surface area contributed by atoms with Gasteiger partial charge in [0.05, 0.1) is 0 Å². The summed E-state index contributed by atoms with van der Waals surface area (Å²) in [5.74, 6) is 1.33. The van der Waals surface area contributed by atoms with E-state index in [1.165, 1.54) is 0 Å². The van der Waals surface area contributed by atoms with Gasteiger partial charge in [-0.1, -0.05) is 47.3 Å². The highest BCUT2D eigenvalue weighted by Gasteiger charge is 2.09. The van der Waals surface area contributed by atoms with Crippen LogP contribution >= 0.6 is 23.2 Å². The van der Waals surface area contributed by atoms with Crippen LogP contribution in [-0.4, -0.2) is 16.7 Å².